The first-order chi connectivity index (χ1) is 15.6. The maximum absolute atomic E-state index is 12.6. The van der Waals surface area contributed by atoms with Crippen molar-refractivity contribution in [2.24, 2.45) is 0 Å². The summed E-state index contributed by atoms with van der Waals surface area (Å²) in [5.74, 6) is -0.225. The minimum atomic E-state index is -0.140. The number of hydrogen-bond donors (Lipinski definition) is 3. The van der Waals surface area contributed by atoms with E-state index in [0.29, 0.717) is 22.7 Å². The number of amides is 2. The summed E-state index contributed by atoms with van der Waals surface area (Å²) in [6, 6.07) is 16.1. The topological polar surface area (TPSA) is 62.6 Å². The van der Waals surface area contributed by atoms with E-state index in [0.717, 1.165) is 29.5 Å². The van der Waals surface area contributed by atoms with Crippen LogP contribution in [0.3, 0.4) is 0 Å². The van der Waals surface area contributed by atoms with Crippen molar-refractivity contribution in [3.05, 3.63) is 64.6 Å². The Morgan fingerprint density at radius 1 is 1.22 bits per heavy atom. The summed E-state index contributed by atoms with van der Waals surface area (Å²) in [5, 5.41) is 5.98. The highest BCUT2D eigenvalue weighted by Gasteiger charge is 2.24. The number of hydrogen-bond acceptors (Lipinski definition) is 3. The van der Waals surface area contributed by atoms with Crippen molar-refractivity contribution in [3.63, 3.8) is 0 Å². The summed E-state index contributed by atoms with van der Waals surface area (Å²) < 4.78 is 0. The first-order valence-electron chi connectivity index (χ1n) is 11.7. The summed E-state index contributed by atoms with van der Waals surface area (Å²) in [4.78, 5) is 28.5. The van der Waals surface area contributed by atoms with Gasteiger partial charge in [0.25, 0.3) is 11.8 Å². The van der Waals surface area contributed by atoms with Crippen LogP contribution in [0.4, 0.5) is 5.69 Å². The van der Waals surface area contributed by atoms with E-state index >= 15 is 0 Å². The Hall–Kier alpha value is -2.57. The molecular formula is C26H32N3O2S+. The summed E-state index contributed by atoms with van der Waals surface area (Å²) >= 11 is 1.43. The van der Waals surface area contributed by atoms with Gasteiger partial charge in [-0.15, -0.1) is 0 Å². The maximum Gasteiger partial charge on any atom is 0.262 e. The molecule has 1 saturated heterocycles. The van der Waals surface area contributed by atoms with Gasteiger partial charge in [0.1, 0.15) is 0 Å². The van der Waals surface area contributed by atoms with Crippen molar-refractivity contribution in [2.45, 2.75) is 50.0 Å². The molecule has 32 heavy (non-hydrogen) atoms. The van der Waals surface area contributed by atoms with Crippen LogP contribution in [0.15, 0.2) is 58.3 Å². The molecule has 0 bridgehead atoms. The van der Waals surface area contributed by atoms with E-state index in [1.807, 2.05) is 48.5 Å². The molecule has 168 valence electrons. The molecule has 0 saturated carbocycles. The van der Waals surface area contributed by atoms with Gasteiger partial charge in [-0.2, -0.15) is 0 Å². The molecule has 2 atom stereocenters. The molecule has 2 aliphatic heterocycles. The van der Waals surface area contributed by atoms with Crippen molar-refractivity contribution in [1.82, 2.24) is 5.32 Å². The van der Waals surface area contributed by atoms with Crippen LogP contribution >= 0.6 is 11.8 Å². The molecule has 0 radical (unpaired) electrons. The van der Waals surface area contributed by atoms with Gasteiger partial charge >= 0.3 is 0 Å². The SMILES string of the molecule is CCC1CCCC[NH+]1CCCNC(=O)c1ccc2c(c1)NC(=O)C(=Cc1ccccc1)S2. The molecule has 4 rings (SSSR count). The summed E-state index contributed by atoms with van der Waals surface area (Å²) in [6.07, 6.45) is 8.12. The molecule has 2 amide bonds. The Kier molecular flexibility index (Phi) is 7.66. The average molecular weight is 451 g/mol. The summed E-state index contributed by atoms with van der Waals surface area (Å²) in [7, 11) is 0. The average Bonchev–Trinajstić information content (AvgIpc) is 2.82. The van der Waals surface area contributed by atoms with E-state index in [4.69, 9.17) is 0 Å². The van der Waals surface area contributed by atoms with Crippen LogP contribution in [0, 0.1) is 0 Å². The van der Waals surface area contributed by atoms with Crippen LogP contribution in [-0.4, -0.2) is 37.5 Å². The number of rotatable bonds is 7. The van der Waals surface area contributed by atoms with Gasteiger partial charge in [0, 0.05) is 23.4 Å². The fourth-order valence-corrected chi connectivity index (χ4v) is 5.53. The third-order valence-corrected chi connectivity index (χ3v) is 7.46. The third-order valence-electron chi connectivity index (χ3n) is 6.36. The van der Waals surface area contributed by atoms with Crippen LogP contribution in [-0.2, 0) is 4.79 Å². The van der Waals surface area contributed by atoms with Gasteiger partial charge in [0.2, 0.25) is 0 Å². The quantitative estimate of drug-likeness (QED) is 0.445. The van der Waals surface area contributed by atoms with Crippen LogP contribution in [0.2, 0.25) is 0 Å². The highest BCUT2D eigenvalue weighted by atomic mass is 32.2. The van der Waals surface area contributed by atoms with Crippen LogP contribution in [0.5, 0.6) is 0 Å². The van der Waals surface area contributed by atoms with Crippen molar-refractivity contribution in [3.8, 4) is 0 Å². The van der Waals surface area contributed by atoms with Crippen LogP contribution in [0.1, 0.15) is 54.9 Å². The fraction of sp³-hybridized carbons (Fsp3) is 0.385. The second-order valence-corrected chi connectivity index (χ2v) is 9.64. The minimum absolute atomic E-state index is 0.0849. The van der Waals surface area contributed by atoms with Crippen LogP contribution in [0.25, 0.3) is 6.08 Å². The predicted octanol–water partition coefficient (Wildman–Crippen LogP) is 3.74. The fourth-order valence-electron chi connectivity index (χ4n) is 4.59. The van der Waals surface area contributed by atoms with E-state index in [9.17, 15) is 9.59 Å². The molecule has 0 aliphatic carbocycles. The van der Waals surface area contributed by atoms with Crippen molar-refractivity contribution in [2.75, 3.05) is 25.0 Å². The molecule has 3 N–H and O–H groups in total. The Balaban J connectivity index is 1.32. The molecule has 1 fully saturated rings. The number of benzene rings is 2. The smallest absolute Gasteiger partial charge is 0.262 e. The highest BCUT2D eigenvalue weighted by molar-refractivity contribution is 8.04. The molecular weight excluding hydrogens is 418 g/mol. The van der Waals surface area contributed by atoms with E-state index in [2.05, 4.69) is 17.6 Å². The Labute approximate surface area is 194 Å². The zero-order valence-electron chi connectivity index (χ0n) is 18.7. The predicted molar refractivity (Wildman–Crippen MR) is 131 cm³/mol. The third kappa shape index (κ3) is 5.61. The number of piperidine rings is 1. The molecule has 2 heterocycles. The molecule has 2 aromatic rings. The van der Waals surface area contributed by atoms with Gasteiger partial charge < -0.3 is 15.5 Å². The standard InChI is InChI=1S/C26H31N3O2S/c1-2-21-11-6-7-15-29(21)16-8-14-27-25(30)20-12-13-23-22(18-20)28-26(31)24(32-23)17-19-9-4-3-5-10-19/h3-5,9-10,12-13,17-18,21H,2,6-8,11,14-16H2,1H3,(H,27,30)(H,28,31)/p+1. The lowest BCUT2D eigenvalue weighted by atomic mass is 10.00. The molecule has 5 nitrogen and oxygen atoms in total. The lowest BCUT2D eigenvalue weighted by Gasteiger charge is -2.32. The Bertz CT molecular complexity index is 990. The zero-order valence-corrected chi connectivity index (χ0v) is 19.5. The zero-order chi connectivity index (χ0) is 22.3. The number of anilines is 1. The number of quaternary nitrogens is 1. The van der Waals surface area contributed by atoms with Crippen molar-refractivity contribution < 1.29 is 14.5 Å². The summed E-state index contributed by atoms with van der Waals surface area (Å²) in [6.45, 7) is 5.34. The van der Waals surface area contributed by atoms with Crippen molar-refractivity contribution >= 4 is 35.3 Å². The number of nitrogens with one attached hydrogen (secondary N) is 3. The van der Waals surface area contributed by atoms with Gasteiger partial charge in [0.15, 0.2) is 0 Å². The lowest BCUT2D eigenvalue weighted by molar-refractivity contribution is -0.930. The first-order valence-corrected chi connectivity index (χ1v) is 12.5. The Morgan fingerprint density at radius 3 is 2.88 bits per heavy atom. The van der Waals surface area contributed by atoms with Crippen LogP contribution < -0.4 is 15.5 Å². The van der Waals surface area contributed by atoms with E-state index in [-0.39, 0.29) is 11.8 Å². The molecule has 2 aromatic carbocycles. The van der Waals surface area contributed by atoms with E-state index in [1.165, 1.54) is 44.0 Å². The maximum atomic E-state index is 12.6. The second-order valence-electron chi connectivity index (χ2n) is 8.56. The lowest BCUT2D eigenvalue weighted by Crippen LogP contribution is -3.16. The van der Waals surface area contributed by atoms with Gasteiger partial charge in [-0.3, -0.25) is 9.59 Å². The van der Waals surface area contributed by atoms with Gasteiger partial charge in [-0.1, -0.05) is 49.0 Å². The molecule has 6 heteroatoms. The Morgan fingerprint density at radius 2 is 2.06 bits per heavy atom. The molecule has 2 aliphatic rings. The van der Waals surface area contributed by atoms with Gasteiger partial charge in [-0.25, -0.2) is 0 Å². The van der Waals surface area contributed by atoms with Gasteiger partial charge in [-0.05, 0) is 55.5 Å². The number of thioether (sulfide) groups is 1. The normalized spacial score (nSPS) is 21.7. The number of carbonyl (C=O) groups excluding carboxylic acids is 2. The highest BCUT2D eigenvalue weighted by Crippen LogP contribution is 2.39. The number of likely N-dealkylation sites (tertiary alicyclic amines) is 1. The van der Waals surface area contributed by atoms with Crippen molar-refractivity contribution in [1.29, 1.82) is 0 Å². The van der Waals surface area contributed by atoms with E-state index in [1.54, 1.807) is 11.0 Å². The minimum Gasteiger partial charge on any atom is -0.352 e. The number of carbonyl (C=O) groups is 2. The van der Waals surface area contributed by atoms with Gasteiger partial charge in [0.05, 0.1) is 29.7 Å². The van der Waals surface area contributed by atoms with E-state index < -0.39 is 0 Å². The largest absolute Gasteiger partial charge is 0.352 e. The second kappa shape index (κ2) is 10.8. The first kappa shape index (κ1) is 22.6. The molecule has 2 unspecified atom stereocenters. The molecule has 0 aromatic heterocycles. The number of fused-ring (bicyclic) bond motifs is 1. The monoisotopic (exact) mass is 450 g/mol. The molecule has 0 spiro atoms. The summed E-state index contributed by atoms with van der Waals surface area (Å²) in [5.41, 5.74) is 2.26.